The summed E-state index contributed by atoms with van der Waals surface area (Å²) in [5.41, 5.74) is 5.75. The Morgan fingerprint density at radius 1 is 1.13 bits per heavy atom. The highest BCUT2D eigenvalue weighted by molar-refractivity contribution is 6.10. The van der Waals surface area contributed by atoms with Crippen molar-refractivity contribution in [2.45, 2.75) is 6.61 Å². The van der Waals surface area contributed by atoms with E-state index in [9.17, 15) is 19.2 Å². The molecule has 0 saturated carbocycles. The first-order valence-corrected chi connectivity index (χ1v) is 8.76. The van der Waals surface area contributed by atoms with Crippen molar-refractivity contribution in [3.05, 3.63) is 58.9 Å². The Labute approximate surface area is 171 Å². The number of hydrogen-bond donors (Lipinski definition) is 2. The number of aromatic nitrogens is 3. The largest absolute Gasteiger partial charge is 0.465 e. The average molecular weight is 415 g/mol. The van der Waals surface area contributed by atoms with Crippen LogP contribution in [0.1, 0.15) is 36.8 Å². The van der Waals surface area contributed by atoms with Crippen LogP contribution in [0, 0.1) is 0 Å². The van der Waals surface area contributed by atoms with Gasteiger partial charge >= 0.3 is 5.97 Å². The van der Waals surface area contributed by atoms with Gasteiger partial charge in [0.1, 0.15) is 5.69 Å². The number of carbonyl (C=O) groups is 4. The molecule has 0 aliphatic heterocycles. The molecule has 2 aromatic rings. The van der Waals surface area contributed by atoms with Crippen LogP contribution in [-0.2, 0) is 27.9 Å². The van der Waals surface area contributed by atoms with Crippen molar-refractivity contribution in [3.8, 4) is 0 Å². The number of ketones is 1. The van der Waals surface area contributed by atoms with Crippen molar-refractivity contribution in [2.24, 2.45) is 12.8 Å². The molecule has 0 spiro atoms. The van der Waals surface area contributed by atoms with Crippen molar-refractivity contribution < 1.29 is 28.7 Å². The molecule has 11 nitrogen and oxygen atoms in total. The van der Waals surface area contributed by atoms with E-state index in [1.54, 1.807) is 17.9 Å². The third-order valence-corrected chi connectivity index (χ3v) is 3.73. The molecule has 2 amide bonds. The number of nitrogens with zero attached hydrogens (tertiary/aromatic N) is 3. The minimum Gasteiger partial charge on any atom is -0.465 e. The van der Waals surface area contributed by atoms with E-state index in [2.05, 4.69) is 20.4 Å². The van der Waals surface area contributed by atoms with Crippen molar-refractivity contribution >= 4 is 23.6 Å². The fourth-order valence-electron chi connectivity index (χ4n) is 2.37. The third kappa shape index (κ3) is 6.63. The number of hydrogen-bond acceptors (Lipinski definition) is 8. The quantitative estimate of drug-likeness (QED) is 0.233. The van der Waals surface area contributed by atoms with E-state index in [1.165, 1.54) is 25.3 Å². The monoisotopic (exact) mass is 415 g/mol. The van der Waals surface area contributed by atoms with Crippen LogP contribution in [0.15, 0.2) is 36.5 Å². The van der Waals surface area contributed by atoms with Gasteiger partial charge in [-0.15, -0.1) is 5.10 Å². The maximum atomic E-state index is 12.4. The lowest BCUT2D eigenvalue weighted by Crippen LogP contribution is -2.27. The van der Waals surface area contributed by atoms with Gasteiger partial charge in [0.05, 0.1) is 32.1 Å². The molecule has 0 atom stereocenters. The van der Waals surface area contributed by atoms with Gasteiger partial charge in [0.15, 0.2) is 5.78 Å². The zero-order valence-corrected chi connectivity index (χ0v) is 16.5. The Morgan fingerprint density at radius 3 is 2.47 bits per heavy atom. The molecule has 0 saturated heterocycles. The van der Waals surface area contributed by atoms with E-state index in [0.717, 1.165) is 12.2 Å². The van der Waals surface area contributed by atoms with E-state index in [1.807, 2.05) is 0 Å². The topological polar surface area (TPSA) is 156 Å². The number of nitrogens with one attached hydrogen (secondary N) is 1. The lowest BCUT2D eigenvalue weighted by molar-refractivity contribution is -0.113. The van der Waals surface area contributed by atoms with Gasteiger partial charge < -0.3 is 20.5 Å². The number of ether oxygens (including phenoxy) is 2. The number of benzene rings is 1. The number of amides is 2. The summed E-state index contributed by atoms with van der Waals surface area (Å²) in [7, 11) is 2.92. The van der Waals surface area contributed by atoms with Crippen LogP contribution in [0.2, 0.25) is 0 Å². The SMILES string of the molecule is COC(=O)c1cc(C(=O)/C=C/C(N)=O)cc(C(=O)NCCOCc2cn(C)nn2)c1. The predicted molar refractivity (Wildman–Crippen MR) is 103 cm³/mol. The molecule has 0 fully saturated rings. The maximum Gasteiger partial charge on any atom is 0.337 e. The second-order valence-electron chi connectivity index (χ2n) is 6.08. The molecule has 0 unspecified atom stereocenters. The van der Waals surface area contributed by atoms with Gasteiger partial charge in [-0.1, -0.05) is 5.21 Å². The molecule has 3 N–H and O–H groups in total. The number of aryl methyl sites for hydroxylation is 1. The summed E-state index contributed by atoms with van der Waals surface area (Å²) in [6, 6.07) is 3.87. The molecule has 1 aromatic heterocycles. The second kappa shape index (κ2) is 10.6. The molecule has 1 aromatic carbocycles. The first-order valence-electron chi connectivity index (χ1n) is 8.76. The number of nitrogens with two attached hydrogens (primary N) is 1. The first-order chi connectivity index (χ1) is 14.3. The van der Waals surface area contributed by atoms with Gasteiger partial charge in [-0.3, -0.25) is 19.1 Å². The van der Waals surface area contributed by atoms with E-state index < -0.39 is 23.6 Å². The second-order valence-corrected chi connectivity index (χ2v) is 6.08. The number of primary amides is 1. The number of rotatable bonds is 10. The highest BCUT2D eigenvalue weighted by Crippen LogP contribution is 2.13. The highest BCUT2D eigenvalue weighted by atomic mass is 16.5. The van der Waals surface area contributed by atoms with Crippen LogP contribution >= 0.6 is 0 Å². The van der Waals surface area contributed by atoms with Gasteiger partial charge in [0.25, 0.3) is 5.91 Å². The van der Waals surface area contributed by atoms with Crippen molar-refractivity contribution in [3.63, 3.8) is 0 Å². The summed E-state index contributed by atoms with van der Waals surface area (Å²) in [5.74, 6) is -2.63. The van der Waals surface area contributed by atoms with Gasteiger partial charge in [0, 0.05) is 30.8 Å². The summed E-state index contributed by atoms with van der Waals surface area (Å²) in [4.78, 5) is 47.3. The molecular formula is C19H21N5O6. The summed E-state index contributed by atoms with van der Waals surface area (Å²) in [6.45, 7) is 0.644. The summed E-state index contributed by atoms with van der Waals surface area (Å²) in [5, 5.41) is 10.3. The summed E-state index contributed by atoms with van der Waals surface area (Å²) < 4.78 is 11.6. The maximum absolute atomic E-state index is 12.4. The third-order valence-electron chi connectivity index (χ3n) is 3.73. The van der Waals surface area contributed by atoms with Crippen molar-refractivity contribution in [1.29, 1.82) is 0 Å². The van der Waals surface area contributed by atoms with Gasteiger partial charge in [-0.25, -0.2) is 4.79 Å². The normalized spacial score (nSPS) is 10.7. The lowest BCUT2D eigenvalue weighted by atomic mass is 10.0. The fourth-order valence-corrected chi connectivity index (χ4v) is 2.37. The van der Waals surface area contributed by atoms with Crippen LogP contribution in [0.5, 0.6) is 0 Å². The number of esters is 1. The van der Waals surface area contributed by atoms with E-state index in [4.69, 9.17) is 10.5 Å². The molecule has 0 bridgehead atoms. The Bertz CT molecular complexity index is 982. The smallest absolute Gasteiger partial charge is 0.337 e. The van der Waals surface area contributed by atoms with Gasteiger partial charge in [-0.2, -0.15) is 0 Å². The zero-order valence-electron chi connectivity index (χ0n) is 16.5. The zero-order chi connectivity index (χ0) is 22.1. The van der Waals surface area contributed by atoms with Crippen LogP contribution in [0.4, 0.5) is 0 Å². The Kier molecular flexibility index (Phi) is 7.94. The van der Waals surface area contributed by atoms with Gasteiger partial charge in [0.2, 0.25) is 5.91 Å². The molecule has 158 valence electrons. The Morgan fingerprint density at radius 2 is 1.83 bits per heavy atom. The van der Waals surface area contributed by atoms with E-state index in [-0.39, 0.29) is 36.4 Å². The van der Waals surface area contributed by atoms with Crippen LogP contribution in [-0.4, -0.2) is 58.8 Å². The first kappa shape index (κ1) is 22.4. The summed E-state index contributed by atoms with van der Waals surface area (Å²) in [6.07, 6.45) is 3.56. The Hall–Kier alpha value is -3.86. The number of allylic oxidation sites excluding steroid dienone is 1. The molecular weight excluding hydrogens is 394 g/mol. The van der Waals surface area contributed by atoms with Crippen molar-refractivity contribution in [1.82, 2.24) is 20.3 Å². The standard InChI is InChI=1S/C19H21N5O6/c1-24-10-15(22-23-24)11-30-6-5-21-18(27)13-7-12(16(25)3-4-17(20)26)8-14(9-13)19(28)29-2/h3-4,7-10H,5-6,11H2,1-2H3,(H2,20,26)(H,21,27)/b4-3+. The number of methoxy groups -OCH3 is 1. The highest BCUT2D eigenvalue weighted by Gasteiger charge is 2.16. The molecule has 30 heavy (non-hydrogen) atoms. The molecule has 0 aliphatic carbocycles. The molecule has 0 radical (unpaired) electrons. The molecule has 11 heteroatoms. The minimum absolute atomic E-state index is 0.0138. The van der Waals surface area contributed by atoms with E-state index >= 15 is 0 Å². The average Bonchev–Trinajstić information content (AvgIpc) is 3.15. The lowest BCUT2D eigenvalue weighted by Gasteiger charge is -2.09. The molecule has 1 heterocycles. The van der Waals surface area contributed by atoms with Crippen LogP contribution in [0.25, 0.3) is 0 Å². The number of carbonyl (C=O) groups excluding carboxylic acids is 4. The van der Waals surface area contributed by atoms with E-state index in [0.29, 0.717) is 5.69 Å². The minimum atomic E-state index is -0.799. The van der Waals surface area contributed by atoms with Crippen molar-refractivity contribution in [2.75, 3.05) is 20.3 Å². The fraction of sp³-hybridized carbons (Fsp3) is 0.263. The molecule has 2 rings (SSSR count). The van der Waals surface area contributed by atoms with Gasteiger partial charge in [-0.05, 0) is 24.3 Å². The summed E-state index contributed by atoms with van der Waals surface area (Å²) >= 11 is 0. The molecule has 0 aliphatic rings. The van der Waals surface area contributed by atoms with Crippen LogP contribution in [0.3, 0.4) is 0 Å². The van der Waals surface area contributed by atoms with Crippen LogP contribution < -0.4 is 11.1 Å². The predicted octanol–water partition coefficient (Wildman–Crippen LogP) is -0.227. The Balaban J connectivity index is 2.03.